The third-order valence-electron chi connectivity index (χ3n) is 4.55. The number of amides is 2. The third-order valence-corrected chi connectivity index (χ3v) is 5.49. The average molecular weight is 391 g/mol. The highest BCUT2D eigenvalue weighted by atomic mass is 32.1. The summed E-state index contributed by atoms with van der Waals surface area (Å²) in [6.07, 6.45) is 2.73. The average Bonchev–Trinajstić information content (AvgIpc) is 3.05. The number of aromatic nitrogens is 1. The minimum absolute atomic E-state index is 0.113. The van der Waals surface area contributed by atoms with E-state index in [4.69, 9.17) is 4.74 Å². The van der Waals surface area contributed by atoms with Gasteiger partial charge in [0.25, 0.3) is 5.91 Å². The molecule has 1 aliphatic carbocycles. The van der Waals surface area contributed by atoms with Crippen molar-refractivity contribution in [3.05, 3.63) is 23.7 Å². The number of pyridine rings is 1. The summed E-state index contributed by atoms with van der Waals surface area (Å²) in [5, 5.41) is 18.4. The SMILES string of the molecule is CC(C)(C)OC(=O)NC1CCC(O)(C(=O)Nc2ccnc3ccsc23)CC1. The van der Waals surface area contributed by atoms with Gasteiger partial charge >= 0.3 is 6.09 Å². The van der Waals surface area contributed by atoms with Gasteiger partial charge in [-0.15, -0.1) is 11.3 Å². The van der Waals surface area contributed by atoms with Gasteiger partial charge in [0.1, 0.15) is 11.2 Å². The molecule has 3 N–H and O–H groups in total. The molecule has 1 aliphatic rings. The fraction of sp³-hybridized carbons (Fsp3) is 0.526. The quantitative estimate of drug-likeness (QED) is 0.744. The molecule has 7 nitrogen and oxygen atoms in total. The van der Waals surface area contributed by atoms with Crippen LogP contribution in [0.2, 0.25) is 0 Å². The maximum atomic E-state index is 12.7. The van der Waals surface area contributed by atoms with Crippen LogP contribution in [0.5, 0.6) is 0 Å². The highest BCUT2D eigenvalue weighted by Crippen LogP contribution is 2.32. The normalized spacial score (nSPS) is 23.0. The van der Waals surface area contributed by atoms with Crippen molar-refractivity contribution in [2.24, 2.45) is 0 Å². The van der Waals surface area contributed by atoms with Crippen LogP contribution in [-0.2, 0) is 9.53 Å². The first kappa shape index (κ1) is 19.6. The van der Waals surface area contributed by atoms with Gasteiger partial charge in [-0.05, 0) is 64.0 Å². The highest BCUT2D eigenvalue weighted by Gasteiger charge is 2.40. The fourth-order valence-corrected chi connectivity index (χ4v) is 3.97. The summed E-state index contributed by atoms with van der Waals surface area (Å²) in [6, 6.07) is 3.51. The van der Waals surface area contributed by atoms with Gasteiger partial charge in [0, 0.05) is 12.2 Å². The maximum Gasteiger partial charge on any atom is 0.407 e. The second kappa shape index (κ2) is 7.44. The van der Waals surface area contributed by atoms with E-state index >= 15 is 0 Å². The van der Waals surface area contributed by atoms with Gasteiger partial charge in [-0.1, -0.05) is 0 Å². The Morgan fingerprint density at radius 1 is 1.30 bits per heavy atom. The predicted molar refractivity (Wildman–Crippen MR) is 105 cm³/mol. The topological polar surface area (TPSA) is 101 Å². The molecule has 0 radical (unpaired) electrons. The van der Waals surface area contributed by atoms with Crippen molar-refractivity contribution < 1.29 is 19.4 Å². The number of nitrogens with one attached hydrogen (secondary N) is 2. The van der Waals surface area contributed by atoms with Gasteiger partial charge in [-0.2, -0.15) is 0 Å². The van der Waals surface area contributed by atoms with E-state index in [0.29, 0.717) is 18.5 Å². The van der Waals surface area contributed by atoms with Crippen LogP contribution in [0, 0.1) is 0 Å². The maximum absolute atomic E-state index is 12.7. The number of anilines is 1. The van der Waals surface area contributed by atoms with Crippen molar-refractivity contribution >= 4 is 39.2 Å². The van der Waals surface area contributed by atoms with Crippen LogP contribution in [0.25, 0.3) is 10.2 Å². The lowest BCUT2D eigenvalue weighted by Gasteiger charge is -2.35. The molecule has 2 aromatic rings. The van der Waals surface area contributed by atoms with E-state index < -0.39 is 23.2 Å². The number of hydrogen-bond acceptors (Lipinski definition) is 6. The number of nitrogens with zero attached hydrogens (tertiary/aromatic N) is 1. The van der Waals surface area contributed by atoms with E-state index in [1.54, 1.807) is 33.0 Å². The zero-order valence-corrected chi connectivity index (χ0v) is 16.6. The third kappa shape index (κ3) is 4.75. The Morgan fingerprint density at radius 2 is 2.00 bits per heavy atom. The van der Waals surface area contributed by atoms with Gasteiger partial charge < -0.3 is 20.5 Å². The minimum Gasteiger partial charge on any atom is -0.444 e. The molecule has 0 atom stereocenters. The molecule has 8 heteroatoms. The Labute approximate surface area is 162 Å². The zero-order chi connectivity index (χ0) is 19.7. The van der Waals surface area contributed by atoms with E-state index in [1.807, 2.05) is 11.4 Å². The van der Waals surface area contributed by atoms with E-state index in [1.165, 1.54) is 11.3 Å². The molecular formula is C19H25N3O4S. The first-order valence-electron chi connectivity index (χ1n) is 9.02. The van der Waals surface area contributed by atoms with E-state index in [9.17, 15) is 14.7 Å². The number of hydrogen-bond donors (Lipinski definition) is 3. The van der Waals surface area contributed by atoms with Crippen LogP contribution in [0.15, 0.2) is 23.7 Å². The summed E-state index contributed by atoms with van der Waals surface area (Å²) >= 11 is 1.49. The van der Waals surface area contributed by atoms with Crippen molar-refractivity contribution in [3.8, 4) is 0 Å². The smallest absolute Gasteiger partial charge is 0.407 e. The van der Waals surface area contributed by atoms with Crippen molar-refractivity contribution in [2.45, 2.75) is 63.7 Å². The van der Waals surface area contributed by atoms with Crippen LogP contribution < -0.4 is 10.6 Å². The molecule has 2 amide bonds. The Morgan fingerprint density at radius 3 is 2.67 bits per heavy atom. The number of aliphatic hydroxyl groups is 1. The molecule has 2 heterocycles. The summed E-state index contributed by atoms with van der Waals surface area (Å²) in [5.41, 5.74) is -0.534. The number of carbonyl (C=O) groups excluding carboxylic acids is 2. The largest absolute Gasteiger partial charge is 0.444 e. The Balaban J connectivity index is 1.58. The summed E-state index contributed by atoms with van der Waals surface area (Å²) in [7, 11) is 0. The van der Waals surface area contributed by atoms with Crippen LogP contribution >= 0.6 is 11.3 Å². The molecular weight excluding hydrogens is 366 g/mol. The predicted octanol–water partition coefficient (Wildman–Crippen LogP) is 3.43. The zero-order valence-electron chi connectivity index (χ0n) is 15.7. The number of ether oxygens (including phenoxy) is 1. The summed E-state index contributed by atoms with van der Waals surface area (Å²) in [6.45, 7) is 5.42. The lowest BCUT2D eigenvalue weighted by molar-refractivity contribution is -0.137. The molecule has 0 saturated heterocycles. The van der Waals surface area contributed by atoms with Crippen molar-refractivity contribution in [1.82, 2.24) is 10.3 Å². The van der Waals surface area contributed by atoms with Crippen molar-refractivity contribution in [2.75, 3.05) is 5.32 Å². The molecule has 0 aliphatic heterocycles. The number of fused-ring (bicyclic) bond motifs is 1. The second-order valence-electron chi connectivity index (χ2n) is 7.90. The molecule has 3 rings (SSSR count). The molecule has 0 aromatic carbocycles. The fourth-order valence-electron chi connectivity index (χ4n) is 3.15. The summed E-state index contributed by atoms with van der Waals surface area (Å²) in [5.74, 6) is -0.417. The van der Waals surface area contributed by atoms with E-state index in [0.717, 1.165) is 10.2 Å². The molecule has 0 bridgehead atoms. The van der Waals surface area contributed by atoms with Gasteiger partial charge in [-0.3, -0.25) is 9.78 Å². The minimum atomic E-state index is -1.45. The molecule has 1 saturated carbocycles. The first-order chi connectivity index (χ1) is 12.7. The van der Waals surface area contributed by atoms with Crippen LogP contribution in [0.1, 0.15) is 46.5 Å². The first-order valence-corrected chi connectivity index (χ1v) is 9.90. The number of rotatable bonds is 3. The van der Waals surface area contributed by atoms with Gasteiger partial charge in [0.15, 0.2) is 0 Å². The van der Waals surface area contributed by atoms with Crippen molar-refractivity contribution in [1.29, 1.82) is 0 Å². The molecule has 146 valence electrons. The number of thiophene rings is 1. The standard InChI is InChI=1S/C19H25N3O4S/c1-18(2,3)26-17(24)21-12-4-8-19(25,9-5-12)16(23)22-14-6-10-20-13-7-11-27-15(13)14/h6-7,10-12,25H,4-5,8-9H2,1-3H3,(H,21,24)(H,20,22,23). The van der Waals surface area contributed by atoms with Crippen LogP contribution in [0.4, 0.5) is 10.5 Å². The second-order valence-corrected chi connectivity index (χ2v) is 8.82. The molecule has 1 fully saturated rings. The summed E-state index contributed by atoms with van der Waals surface area (Å²) < 4.78 is 6.14. The lowest BCUT2D eigenvalue weighted by atomic mass is 9.81. The monoisotopic (exact) mass is 391 g/mol. The Bertz CT molecular complexity index is 835. The Kier molecular flexibility index (Phi) is 5.39. The Hall–Kier alpha value is -2.19. The molecule has 27 heavy (non-hydrogen) atoms. The molecule has 0 unspecified atom stereocenters. The van der Waals surface area contributed by atoms with E-state index in [-0.39, 0.29) is 18.9 Å². The van der Waals surface area contributed by atoms with Gasteiger partial charge in [0.05, 0.1) is 15.9 Å². The number of alkyl carbamates (subject to hydrolysis) is 1. The van der Waals surface area contributed by atoms with Crippen LogP contribution in [0.3, 0.4) is 0 Å². The van der Waals surface area contributed by atoms with Crippen molar-refractivity contribution in [3.63, 3.8) is 0 Å². The van der Waals surface area contributed by atoms with Crippen LogP contribution in [-0.4, -0.2) is 39.3 Å². The summed E-state index contributed by atoms with van der Waals surface area (Å²) in [4.78, 5) is 28.8. The number of carbonyl (C=O) groups is 2. The lowest BCUT2D eigenvalue weighted by Crippen LogP contribution is -2.50. The van der Waals surface area contributed by atoms with E-state index in [2.05, 4.69) is 15.6 Å². The van der Waals surface area contributed by atoms with Gasteiger partial charge in [0.2, 0.25) is 0 Å². The van der Waals surface area contributed by atoms with Gasteiger partial charge in [-0.25, -0.2) is 4.79 Å². The highest BCUT2D eigenvalue weighted by molar-refractivity contribution is 7.17. The molecule has 2 aromatic heterocycles. The molecule has 0 spiro atoms.